The highest BCUT2D eigenvalue weighted by molar-refractivity contribution is 5.94. The maximum Gasteiger partial charge on any atom is 0.328 e. The summed E-state index contributed by atoms with van der Waals surface area (Å²) < 4.78 is 0. The Labute approximate surface area is 187 Å². The number of nitrogens with zero attached hydrogens (tertiary/aromatic N) is 1. The molecule has 1 aromatic heterocycles. The second-order valence-electron chi connectivity index (χ2n) is 7.18. The van der Waals surface area contributed by atoms with Crippen LogP contribution in [0.2, 0.25) is 0 Å². The number of carboxylic acids is 2. The van der Waals surface area contributed by atoms with Crippen molar-refractivity contribution in [2.45, 2.75) is 56.5 Å². The third-order valence-electron chi connectivity index (χ3n) is 4.51. The van der Waals surface area contributed by atoms with Gasteiger partial charge in [0.05, 0.1) is 19.0 Å². The highest BCUT2D eigenvalue weighted by Crippen LogP contribution is 2.04. The zero-order valence-electron chi connectivity index (χ0n) is 17.7. The summed E-state index contributed by atoms with van der Waals surface area (Å²) >= 11 is 0. The van der Waals surface area contributed by atoms with Gasteiger partial charge in [0, 0.05) is 24.7 Å². The molecule has 10 N–H and O–H groups in total. The molecule has 0 bridgehead atoms. The standard InChI is InChI=1S/C18H28N6O9/c1-8(26)14(19)17(31)22-10(2-3-13(27)28)15(29)23-11(4-9-5-20-7-21-9)16(30)24-12(6-25)18(32)33/h5,7-8,10-12,14,25-26H,2-4,6,19H2,1H3,(H,20,21)(H,22,31)(H,23,29)(H,24,30)(H,27,28)(H,32,33). The SMILES string of the molecule is CC(O)C(N)C(=O)NC(CCC(=O)O)C(=O)NC(Cc1cnc[nH]1)C(=O)NC(CO)C(=O)O. The van der Waals surface area contributed by atoms with Gasteiger partial charge in [-0.05, 0) is 13.3 Å². The van der Waals surface area contributed by atoms with E-state index in [2.05, 4.69) is 25.9 Å². The van der Waals surface area contributed by atoms with Gasteiger partial charge in [-0.15, -0.1) is 0 Å². The number of rotatable bonds is 14. The lowest BCUT2D eigenvalue weighted by Crippen LogP contribution is -2.58. The molecule has 0 aliphatic rings. The number of hydrogen-bond donors (Lipinski definition) is 9. The lowest BCUT2D eigenvalue weighted by molar-refractivity contribution is -0.143. The normalized spacial score (nSPS) is 15.4. The van der Waals surface area contributed by atoms with Crippen molar-refractivity contribution in [3.05, 3.63) is 18.2 Å². The van der Waals surface area contributed by atoms with Crippen molar-refractivity contribution in [1.82, 2.24) is 25.9 Å². The topological polar surface area (TPSA) is 257 Å². The molecule has 1 aromatic rings. The van der Waals surface area contributed by atoms with Crippen LogP contribution in [0, 0.1) is 0 Å². The van der Waals surface area contributed by atoms with Crippen LogP contribution in [0.1, 0.15) is 25.5 Å². The number of hydrogen-bond acceptors (Lipinski definition) is 9. The van der Waals surface area contributed by atoms with Crippen LogP contribution in [0.15, 0.2) is 12.5 Å². The number of carbonyl (C=O) groups is 5. The van der Waals surface area contributed by atoms with E-state index in [9.17, 15) is 29.1 Å². The first kappa shape index (κ1) is 27.5. The maximum atomic E-state index is 12.8. The van der Waals surface area contributed by atoms with Crippen LogP contribution in [-0.4, -0.2) is 96.9 Å². The zero-order valence-corrected chi connectivity index (χ0v) is 17.7. The molecule has 3 amide bonds. The van der Waals surface area contributed by atoms with E-state index in [1.807, 2.05) is 0 Å². The van der Waals surface area contributed by atoms with Crippen molar-refractivity contribution in [1.29, 1.82) is 0 Å². The van der Waals surface area contributed by atoms with Crippen molar-refractivity contribution in [3.8, 4) is 0 Å². The van der Waals surface area contributed by atoms with Crippen molar-refractivity contribution in [2.24, 2.45) is 5.73 Å². The second-order valence-corrected chi connectivity index (χ2v) is 7.18. The molecule has 1 heterocycles. The molecular formula is C18H28N6O9. The van der Waals surface area contributed by atoms with Gasteiger partial charge in [0.1, 0.15) is 24.2 Å². The van der Waals surface area contributed by atoms with Crippen molar-refractivity contribution >= 4 is 29.7 Å². The number of aliphatic carboxylic acids is 2. The number of amides is 3. The van der Waals surface area contributed by atoms with Crippen molar-refractivity contribution < 1.29 is 44.4 Å². The monoisotopic (exact) mass is 472 g/mol. The van der Waals surface area contributed by atoms with E-state index in [-0.39, 0.29) is 12.8 Å². The molecule has 15 nitrogen and oxygen atoms in total. The Morgan fingerprint density at radius 1 is 1.03 bits per heavy atom. The van der Waals surface area contributed by atoms with Gasteiger partial charge in [-0.2, -0.15) is 0 Å². The predicted molar refractivity (Wildman–Crippen MR) is 109 cm³/mol. The summed E-state index contributed by atoms with van der Waals surface area (Å²) in [6, 6.07) is -5.83. The molecule has 0 aliphatic heterocycles. The maximum absolute atomic E-state index is 12.8. The van der Waals surface area contributed by atoms with Crippen LogP contribution >= 0.6 is 0 Å². The molecule has 184 valence electrons. The first-order valence-corrected chi connectivity index (χ1v) is 9.83. The molecule has 33 heavy (non-hydrogen) atoms. The average molecular weight is 472 g/mol. The summed E-state index contributed by atoms with van der Waals surface area (Å²) in [5, 5.41) is 43.2. The molecule has 0 aromatic carbocycles. The fraction of sp³-hybridized carbons (Fsp3) is 0.556. The third kappa shape index (κ3) is 9.22. The fourth-order valence-corrected chi connectivity index (χ4v) is 2.58. The van der Waals surface area contributed by atoms with Gasteiger partial charge in [0.2, 0.25) is 17.7 Å². The summed E-state index contributed by atoms with van der Waals surface area (Å²) in [7, 11) is 0. The predicted octanol–water partition coefficient (Wildman–Crippen LogP) is -3.94. The van der Waals surface area contributed by atoms with Crippen LogP contribution in [0.4, 0.5) is 0 Å². The minimum atomic E-state index is -1.63. The Morgan fingerprint density at radius 2 is 1.61 bits per heavy atom. The number of aliphatic hydroxyl groups is 2. The number of carbonyl (C=O) groups excluding carboxylic acids is 3. The highest BCUT2D eigenvalue weighted by atomic mass is 16.4. The molecule has 0 saturated heterocycles. The number of imidazole rings is 1. The molecule has 0 saturated carbocycles. The van der Waals surface area contributed by atoms with Crippen LogP contribution in [0.5, 0.6) is 0 Å². The van der Waals surface area contributed by atoms with E-state index in [0.29, 0.717) is 5.69 Å². The summed E-state index contributed by atoms with van der Waals surface area (Å²) in [4.78, 5) is 66.2. The second kappa shape index (κ2) is 13.1. The van der Waals surface area contributed by atoms with E-state index in [1.165, 1.54) is 19.4 Å². The molecule has 0 aliphatic carbocycles. The molecule has 0 spiro atoms. The molecule has 15 heteroatoms. The minimum absolute atomic E-state index is 0.165. The highest BCUT2D eigenvalue weighted by Gasteiger charge is 2.31. The van der Waals surface area contributed by atoms with Gasteiger partial charge in [-0.25, -0.2) is 9.78 Å². The van der Waals surface area contributed by atoms with Gasteiger partial charge >= 0.3 is 11.9 Å². The Hall–Kier alpha value is -3.56. The third-order valence-corrected chi connectivity index (χ3v) is 4.51. The number of aliphatic hydroxyl groups excluding tert-OH is 2. The number of aromatic nitrogens is 2. The lowest BCUT2D eigenvalue weighted by atomic mass is 10.1. The van der Waals surface area contributed by atoms with Crippen LogP contribution in [0.3, 0.4) is 0 Å². The van der Waals surface area contributed by atoms with E-state index in [4.69, 9.17) is 21.1 Å². The number of nitrogens with two attached hydrogens (primary N) is 1. The van der Waals surface area contributed by atoms with Gasteiger partial charge in [0.25, 0.3) is 0 Å². The van der Waals surface area contributed by atoms with Gasteiger partial charge in [-0.3, -0.25) is 19.2 Å². The van der Waals surface area contributed by atoms with Crippen molar-refractivity contribution in [2.75, 3.05) is 6.61 Å². The molecule has 0 radical (unpaired) electrons. The summed E-state index contributed by atoms with van der Waals surface area (Å²) in [5.41, 5.74) is 5.93. The fourth-order valence-electron chi connectivity index (χ4n) is 2.58. The molecular weight excluding hydrogens is 444 g/mol. The summed E-state index contributed by atoms with van der Waals surface area (Å²) in [6.45, 7) is 0.349. The first-order chi connectivity index (χ1) is 15.5. The largest absolute Gasteiger partial charge is 0.481 e. The van der Waals surface area contributed by atoms with E-state index in [0.717, 1.165) is 0 Å². The first-order valence-electron chi connectivity index (χ1n) is 9.83. The molecule has 0 fully saturated rings. The number of aromatic amines is 1. The summed E-state index contributed by atoms with van der Waals surface area (Å²) in [6.07, 6.45) is 0.393. The Bertz CT molecular complexity index is 829. The van der Waals surface area contributed by atoms with Crippen molar-refractivity contribution in [3.63, 3.8) is 0 Å². The Balaban J connectivity index is 3.05. The summed E-state index contributed by atoms with van der Waals surface area (Å²) in [5.74, 6) is -5.57. The lowest BCUT2D eigenvalue weighted by Gasteiger charge is -2.25. The molecule has 1 rings (SSSR count). The van der Waals surface area contributed by atoms with E-state index in [1.54, 1.807) is 0 Å². The van der Waals surface area contributed by atoms with Crippen LogP contribution < -0.4 is 21.7 Å². The number of carboxylic acid groups (broad SMARTS) is 2. The van der Waals surface area contributed by atoms with Crippen LogP contribution in [0.25, 0.3) is 0 Å². The number of H-pyrrole nitrogens is 1. The van der Waals surface area contributed by atoms with E-state index < -0.39 is 73.0 Å². The number of nitrogens with one attached hydrogen (secondary N) is 4. The van der Waals surface area contributed by atoms with E-state index >= 15 is 0 Å². The van der Waals surface area contributed by atoms with Crippen LogP contribution in [-0.2, 0) is 30.4 Å². The van der Waals surface area contributed by atoms with Gasteiger partial charge < -0.3 is 47.1 Å². The smallest absolute Gasteiger partial charge is 0.328 e. The van der Waals surface area contributed by atoms with Gasteiger partial charge in [-0.1, -0.05) is 0 Å². The molecule has 5 unspecified atom stereocenters. The zero-order chi connectivity index (χ0) is 25.1. The quantitative estimate of drug-likeness (QED) is 0.126. The van der Waals surface area contributed by atoms with Gasteiger partial charge in [0.15, 0.2) is 0 Å². The molecule has 5 atom stereocenters. The average Bonchev–Trinajstić information content (AvgIpc) is 3.25. The Morgan fingerprint density at radius 3 is 2.09 bits per heavy atom. The minimum Gasteiger partial charge on any atom is -0.481 e. The Kier molecular flexibility index (Phi) is 10.9.